The largest absolute Gasteiger partial charge is 0.392 e. The molecule has 0 radical (unpaired) electrons. The van der Waals surface area contributed by atoms with Crippen LogP contribution in [-0.4, -0.2) is 40.8 Å². The quantitative estimate of drug-likeness (QED) is 0.891. The number of hydrogen-bond acceptors (Lipinski definition) is 5. The Morgan fingerprint density at radius 2 is 2.50 bits per heavy atom. The first kappa shape index (κ1) is 13.9. The van der Waals surface area contributed by atoms with E-state index in [-0.39, 0.29) is 12.2 Å². The van der Waals surface area contributed by atoms with Crippen molar-refractivity contribution in [2.45, 2.75) is 45.4 Å². The highest BCUT2D eigenvalue weighted by atomic mass is 32.1. The molecular weight excluding hydrogens is 248 g/mol. The zero-order valence-corrected chi connectivity index (χ0v) is 11.9. The van der Waals surface area contributed by atoms with Crippen LogP contribution in [0.1, 0.15) is 43.5 Å². The SMILES string of the molecule is CCOC(C)c1nc(CN2CCCC(O)C2)cs1. The molecule has 4 nitrogen and oxygen atoms in total. The van der Waals surface area contributed by atoms with Crippen molar-refractivity contribution in [3.8, 4) is 0 Å². The van der Waals surface area contributed by atoms with Crippen molar-refractivity contribution in [2.75, 3.05) is 19.7 Å². The molecule has 1 aliphatic heterocycles. The van der Waals surface area contributed by atoms with Gasteiger partial charge in [0.1, 0.15) is 11.1 Å². The van der Waals surface area contributed by atoms with Gasteiger partial charge in [0.25, 0.3) is 0 Å². The lowest BCUT2D eigenvalue weighted by atomic mass is 10.1. The minimum atomic E-state index is -0.167. The zero-order valence-electron chi connectivity index (χ0n) is 11.1. The number of aliphatic hydroxyl groups excluding tert-OH is 1. The van der Waals surface area contributed by atoms with Crippen LogP contribution in [-0.2, 0) is 11.3 Å². The Labute approximate surface area is 113 Å². The number of rotatable bonds is 5. The Bertz CT molecular complexity index is 370. The van der Waals surface area contributed by atoms with Crippen molar-refractivity contribution >= 4 is 11.3 Å². The second-order valence-corrected chi connectivity index (χ2v) is 5.70. The molecule has 2 atom stereocenters. The zero-order chi connectivity index (χ0) is 13.0. The van der Waals surface area contributed by atoms with Crippen molar-refractivity contribution in [1.82, 2.24) is 9.88 Å². The summed E-state index contributed by atoms with van der Waals surface area (Å²) in [5.74, 6) is 0. The fraction of sp³-hybridized carbons (Fsp3) is 0.769. The average Bonchev–Trinajstić information content (AvgIpc) is 2.78. The molecule has 1 aliphatic rings. The van der Waals surface area contributed by atoms with Gasteiger partial charge in [-0.3, -0.25) is 4.90 Å². The molecule has 0 amide bonds. The van der Waals surface area contributed by atoms with Gasteiger partial charge in [-0.2, -0.15) is 0 Å². The fourth-order valence-electron chi connectivity index (χ4n) is 2.31. The molecule has 2 rings (SSSR count). The van der Waals surface area contributed by atoms with E-state index < -0.39 is 0 Å². The summed E-state index contributed by atoms with van der Waals surface area (Å²) in [5, 5.41) is 12.8. The lowest BCUT2D eigenvalue weighted by Gasteiger charge is -2.29. The monoisotopic (exact) mass is 270 g/mol. The van der Waals surface area contributed by atoms with Crippen molar-refractivity contribution < 1.29 is 9.84 Å². The lowest BCUT2D eigenvalue weighted by molar-refractivity contribution is 0.0654. The molecule has 0 spiro atoms. The van der Waals surface area contributed by atoms with Crippen LogP contribution in [0.25, 0.3) is 0 Å². The van der Waals surface area contributed by atoms with Crippen LogP contribution in [0.5, 0.6) is 0 Å². The second-order valence-electron chi connectivity index (χ2n) is 4.81. The van der Waals surface area contributed by atoms with Gasteiger partial charge >= 0.3 is 0 Å². The first-order valence-corrected chi connectivity index (χ1v) is 7.53. The summed E-state index contributed by atoms with van der Waals surface area (Å²) in [4.78, 5) is 6.89. The molecule has 102 valence electrons. The predicted octanol–water partition coefficient (Wildman–Crippen LogP) is 2.20. The van der Waals surface area contributed by atoms with E-state index in [9.17, 15) is 5.11 Å². The maximum Gasteiger partial charge on any atom is 0.122 e. The first-order chi connectivity index (χ1) is 8.69. The molecule has 0 bridgehead atoms. The lowest BCUT2D eigenvalue weighted by Crippen LogP contribution is -2.37. The normalized spacial score (nSPS) is 23.2. The van der Waals surface area contributed by atoms with Gasteiger partial charge in [0.2, 0.25) is 0 Å². The topological polar surface area (TPSA) is 45.6 Å². The third kappa shape index (κ3) is 3.75. The maximum atomic E-state index is 9.64. The van der Waals surface area contributed by atoms with Gasteiger partial charge in [0, 0.05) is 25.1 Å². The van der Waals surface area contributed by atoms with Gasteiger partial charge in [-0.05, 0) is 33.2 Å². The highest BCUT2D eigenvalue weighted by molar-refractivity contribution is 7.09. The number of thiazole rings is 1. The molecule has 1 aromatic heterocycles. The van der Waals surface area contributed by atoms with Crippen LogP contribution in [0.2, 0.25) is 0 Å². The molecule has 1 aromatic rings. The highest BCUT2D eigenvalue weighted by Crippen LogP contribution is 2.22. The van der Waals surface area contributed by atoms with Crippen LogP contribution in [0.3, 0.4) is 0 Å². The minimum absolute atomic E-state index is 0.0840. The summed E-state index contributed by atoms with van der Waals surface area (Å²) < 4.78 is 5.54. The van der Waals surface area contributed by atoms with E-state index >= 15 is 0 Å². The number of likely N-dealkylation sites (tertiary alicyclic amines) is 1. The van der Waals surface area contributed by atoms with E-state index in [2.05, 4.69) is 15.3 Å². The standard InChI is InChI=1S/C13H22N2O2S/c1-3-17-10(2)13-14-11(9-18-13)7-15-6-4-5-12(16)8-15/h9-10,12,16H,3-8H2,1-2H3. The van der Waals surface area contributed by atoms with E-state index in [1.54, 1.807) is 11.3 Å². The summed E-state index contributed by atoms with van der Waals surface area (Å²) in [5.41, 5.74) is 1.09. The van der Waals surface area contributed by atoms with Crippen LogP contribution < -0.4 is 0 Å². The second kappa shape index (κ2) is 6.61. The van der Waals surface area contributed by atoms with Crippen LogP contribution in [0, 0.1) is 0 Å². The number of aliphatic hydroxyl groups is 1. The number of hydrogen-bond donors (Lipinski definition) is 1. The highest BCUT2D eigenvalue weighted by Gasteiger charge is 2.19. The third-order valence-corrected chi connectivity index (χ3v) is 4.25. The number of ether oxygens (including phenoxy) is 1. The number of piperidine rings is 1. The Kier molecular flexibility index (Phi) is 5.12. The maximum absolute atomic E-state index is 9.64. The molecule has 2 unspecified atom stereocenters. The molecule has 0 aliphatic carbocycles. The van der Waals surface area contributed by atoms with E-state index in [1.807, 2.05) is 13.8 Å². The van der Waals surface area contributed by atoms with Gasteiger partial charge < -0.3 is 9.84 Å². The smallest absolute Gasteiger partial charge is 0.122 e. The van der Waals surface area contributed by atoms with Crippen molar-refractivity contribution in [3.63, 3.8) is 0 Å². The number of nitrogens with zero attached hydrogens (tertiary/aromatic N) is 2. The summed E-state index contributed by atoms with van der Waals surface area (Å²) >= 11 is 1.66. The van der Waals surface area contributed by atoms with E-state index in [0.717, 1.165) is 43.2 Å². The third-order valence-electron chi connectivity index (χ3n) is 3.20. The van der Waals surface area contributed by atoms with Gasteiger partial charge in [-0.25, -0.2) is 4.98 Å². The van der Waals surface area contributed by atoms with Gasteiger partial charge in [0.05, 0.1) is 11.8 Å². The number of aromatic nitrogens is 1. The molecule has 1 N–H and O–H groups in total. The Morgan fingerprint density at radius 3 is 3.22 bits per heavy atom. The summed E-state index contributed by atoms with van der Waals surface area (Å²) in [6.07, 6.45) is 1.92. The van der Waals surface area contributed by atoms with Crippen LogP contribution >= 0.6 is 11.3 Å². The van der Waals surface area contributed by atoms with Gasteiger partial charge in [-0.1, -0.05) is 0 Å². The fourth-order valence-corrected chi connectivity index (χ4v) is 3.12. The van der Waals surface area contributed by atoms with Crippen molar-refractivity contribution in [3.05, 3.63) is 16.1 Å². The van der Waals surface area contributed by atoms with Gasteiger partial charge in [0.15, 0.2) is 0 Å². The van der Waals surface area contributed by atoms with E-state index in [0.29, 0.717) is 6.61 Å². The first-order valence-electron chi connectivity index (χ1n) is 6.65. The van der Waals surface area contributed by atoms with Crippen molar-refractivity contribution in [2.24, 2.45) is 0 Å². The minimum Gasteiger partial charge on any atom is -0.392 e. The summed E-state index contributed by atoms with van der Waals surface area (Å²) in [7, 11) is 0. The Morgan fingerprint density at radius 1 is 1.67 bits per heavy atom. The van der Waals surface area contributed by atoms with Crippen LogP contribution in [0.4, 0.5) is 0 Å². The number of β-amino-alcohol motifs (C(OH)–C–C–N with tert-alkyl or cyclic N) is 1. The molecule has 5 heteroatoms. The molecule has 2 heterocycles. The molecule has 18 heavy (non-hydrogen) atoms. The van der Waals surface area contributed by atoms with E-state index in [4.69, 9.17) is 4.74 Å². The Hall–Kier alpha value is -0.490. The molecule has 1 saturated heterocycles. The molecule has 0 saturated carbocycles. The average molecular weight is 270 g/mol. The Balaban J connectivity index is 1.89. The molecule has 0 aromatic carbocycles. The molecular formula is C13H22N2O2S. The molecule has 1 fully saturated rings. The van der Waals surface area contributed by atoms with Crippen molar-refractivity contribution in [1.29, 1.82) is 0 Å². The summed E-state index contributed by atoms with van der Waals surface area (Å²) in [6.45, 7) is 7.43. The van der Waals surface area contributed by atoms with Gasteiger partial charge in [-0.15, -0.1) is 11.3 Å². The van der Waals surface area contributed by atoms with Crippen LogP contribution in [0.15, 0.2) is 5.38 Å². The van der Waals surface area contributed by atoms with E-state index in [1.165, 1.54) is 0 Å². The summed E-state index contributed by atoms with van der Waals surface area (Å²) in [6, 6.07) is 0. The predicted molar refractivity (Wildman–Crippen MR) is 72.7 cm³/mol.